The van der Waals surface area contributed by atoms with Crippen molar-refractivity contribution < 1.29 is 14.3 Å². The fraction of sp³-hybridized carbons (Fsp3) is 0.250. The number of carbonyl (C=O) groups is 1. The average Bonchev–Trinajstić information content (AvgIpc) is 3.26. The Hall–Kier alpha value is -4.54. The fourth-order valence-electron chi connectivity index (χ4n) is 3.70. The first-order valence-electron chi connectivity index (χ1n) is 11.1. The van der Waals surface area contributed by atoms with Crippen LogP contribution in [0.2, 0.25) is 0 Å². The van der Waals surface area contributed by atoms with Gasteiger partial charge < -0.3 is 24.7 Å². The van der Waals surface area contributed by atoms with Gasteiger partial charge in [0.2, 0.25) is 0 Å². The summed E-state index contributed by atoms with van der Waals surface area (Å²) in [4.78, 5) is 25.2. The summed E-state index contributed by atoms with van der Waals surface area (Å²) < 4.78 is 13.1. The highest BCUT2D eigenvalue weighted by molar-refractivity contribution is 5.94. The van der Waals surface area contributed by atoms with E-state index in [2.05, 4.69) is 35.8 Å². The number of aryl methyl sites for hydroxylation is 1. The molecule has 0 saturated heterocycles. The summed E-state index contributed by atoms with van der Waals surface area (Å²) in [6.45, 7) is 3.79. The Labute approximate surface area is 201 Å². The zero-order chi connectivity index (χ0) is 24.2. The second-order valence-electron chi connectivity index (χ2n) is 7.98. The Bertz CT molecular complexity index is 1360. The SMILES string of the molecule is Cc1cc2c(cc1CNC(=O)c1ccnc(NCc3nnc(-c4ccncn4)n3C)c1)OCCO2. The van der Waals surface area contributed by atoms with Crippen molar-refractivity contribution in [2.45, 2.75) is 20.0 Å². The minimum absolute atomic E-state index is 0.200. The van der Waals surface area contributed by atoms with Crippen molar-refractivity contribution in [2.75, 3.05) is 18.5 Å². The molecule has 0 aliphatic carbocycles. The van der Waals surface area contributed by atoms with Crippen molar-refractivity contribution in [3.63, 3.8) is 0 Å². The molecule has 0 unspecified atom stereocenters. The largest absolute Gasteiger partial charge is 0.486 e. The molecule has 3 aromatic heterocycles. The number of pyridine rings is 1. The minimum atomic E-state index is -0.200. The number of fused-ring (bicyclic) bond motifs is 1. The maximum atomic E-state index is 12.8. The van der Waals surface area contributed by atoms with E-state index in [0.29, 0.717) is 60.8 Å². The third kappa shape index (κ3) is 4.88. The van der Waals surface area contributed by atoms with Crippen molar-refractivity contribution >= 4 is 11.7 Å². The molecule has 178 valence electrons. The summed E-state index contributed by atoms with van der Waals surface area (Å²) in [5.41, 5.74) is 3.18. The van der Waals surface area contributed by atoms with Crippen molar-refractivity contribution in [1.82, 2.24) is 35.0 Å². The number of nitrogens with one attached hydrogen (secondary N) is 2. The number of ether oxygens (including phenoxy) is 2. The number of anilines is 1. The van der Waals surface area contributed by atoms with Crippen LogP contribution in [0.25, 0.3) is 11.5 Å². The third-order valence-electron chi connectivity index (χ3n) is 5.67. The van der Waals surface area contributed by atoms with E-state index in [0.717, 1.165) is 16.9 Å². The predicted molar refractivity (Wildman–Crippen MR) is 127 cm³/mol. The van der Waals surface area contributed by atoms with Gasteiger partial charge in [-0.15, -0.1) is 10.2 Å². The van der Waals surface area contributed by atoms with E-state index in [1.165, 1.54) is 6.33 Å². The maximum Gasteiger partial charge on any atom is 0.251 e. The van der Waals surface area contributed by atoms with Crippen LogP contribution >= 0.6 is 0 Å². The number of aromatic nitrogens is 6. The number of rotatable bonds is 7. The molecular formula is C24H24N8O3. The molecule has 4 aromatic rings. The van der Waals surface area contributed by atoms with Crippen LogP contribution in [0.15, 0.2) is 49.1 Å². The highest BCUT2D eigenvalue weighted by Crippen LogP contribution is 2.33. The van der Waals surface area contributed by atoms with Gasteiger partial charge in [-0.2, -0.15) is 0 Å². The Kier molecular flexibility index (Phi) is 6.20. The summed E-state index contributed by atoms with van der Waals surface area (Å²) in [7, 11) is 1.87. The highest BCUT2D eigenvalue weighted by Gasteiger charge is 2.16. The standard InChI is InChI=1S/C24H24N8O3/c1-15-9-19-20(35-8-7-34-19)10-17(15)12-28-24(33)16-3-6-26-21(11-16)27-13-22-30-31-23(32(22)2)18-4-5-25-14-29-18/h3-6,9-11,14H,7-8,12-13H2,1-2H3,(H,26,27)(H,28,33). The Morgan fingerprint density at radius 1 is 1.03 bits per heavy atom. The zero-order valence-electron chi connectivity index (χ0n) is 19.4. The number of benzene rings is 1. The number of carbonyl (C=O) groups excluding carboxylic acids is 1. The van der Waals surface area contributed by atoms with Crippen LogP contribution < -0.4 is 20.1 Å². The van der Waals surface area contributed by atoms with E-state index in [1.807, 2.05) is 30.7 Å². The second-order valence-corrected chi connectivity index (χ2v) is 7.98. The van der Waals surface area contributed by atoms with Gasteiger partial charge in [-0.1, -0.05) is 0 Å². The molecule has 4 heterocycles. The summed E-state index contributed by atoms with van der Waals surface area (Å²) in [5.74, 6) is 3.13. The first-order valence-corrected chi connectivity index (χ1v) is 11.1. The maximum absolute atomic E-state index is 12.8. The lowest BCUT2D eigenvalue weighted by Crippen LogP contribution is -2.24. The lowest BCUT2D eigenvalue weighted by molar-refractivity contribution is 0.0950. The molecule has 0 spiro atoms. The van der Waals surface area contributed by atoms with Gasteiger partial charge in [0.05, 0.1) is 6.54 Å². The van der Waals surface area contributed by atoms with Crippen LogP contribution in [0.5, 0.6) is 11.5 Å². The van der Waals surface area contributed by atoms with Gasteiger partial charge in [0.1, 0.15) is 31.1 Å². The first kappa shape index (κ1) is 22.3. The van der Waals surface area contributed by atoms with Gasteiger partial charge in [0, 0.05) is 31.5 Å². The molecular weight excluding hydrogens is 448 g/mol. The molecule has 0 bridgehead atoms. The van der Waals surface area contributed by atoms with Crippen molar-refractivity contribution in [3.05, 3.63) is 71.6 Å². The summed E-state index contributed by atoms with van der Waals surface area (Å²) in [5, 5.41) is 14.6. The molecule has 0 fully saturated rings. The number of hydrogen-bond donors (Lipinski definition) is 2. The van der Waals surface area contributed by atoms with Gasteiger partial charge in [-0.05, 0) is 48.4 Å². The molecule has 1 amide bonds. The van der Waals surface area contributed by atoms with Crippen molar-refractivity contribution in [1.29, 1.82) is 0 Å². The Balaban J connectivity index is 1.22. The van der Waals surface area contributed by atoms with Crippen LogP contribution in [-0.4, -0.2) is 48.8 Å². The van der Waals surface area contributed by atoms with E-state index in [4.69, 9.17) is 9.47 Å². The van der Waals surface area contributed by atoms with Crippen LogP contribution in [0.4, 0.5) is 5.82 Å². The molecule has 2 N–H and O–H groups in total. The van der Waals surface area contributed by atoms with Gasteiger partial charge in [-0.25, -0.2) is 15.0 Å². The predicted octanol–water partition coefficient (Wildman–Crippen LogP) is 2.29. The molecule has 11 heteroatoms. The topological polar surface area (TPSA) is 129 Å². The first-order chi connectivity index (χ1) is 17.1. The summed E-state index contributed by atoms with van der Waals surface area (Å²) in [6.07, 6.45) is 4.72. The monoisotopic (exact) mass is 472 g/mol. The highest BCUT2D eigenvalue weighted by atomic mass is 16.6. The lowest BCUT2D eigenvalue weighted by atomic mass is 10.1. The quantitative estimate of drug-likeness (QED) is 0.416. The Morgan fingerprint density at radius 3 is 2.66 bits per heavy atom. The number of nitrogens with zero attached hydrogens (tertiary/aromatic N) is 6. The molecule has 35 heavy (non-hydrogen) atoms. The molecule has 0 radical (unpaired) electrons. The molecule has 0 atom stereocenters. The van der Waals surface area contributed by atoms with E-state index in [-0.39, 0.29) is 5.91 Å². The van der Waals surface area contributed by atoms with Gasteiger partial charge in [-0.3, -0.25) is 4.79 Å². The van der Waals surface area contributed by atoms with Crippen LogP contribution in [0.1, 0.15) is 27.3 Å². The fourth-order valence-corrected chi connectivity index (χ4v) is 3.70. The Morgan fingerprint density at radius 2 is 1.86 bits per heavy atom. The third-order valence-corrected chi connectivity index (χ3v) is 5.67. The van der Waals surface area contributed by atoms with E-state index in [9.17, 15) is 4.79 Å². The number of amides is 1. The summed E-state index contributed by atoms with van der Waals surface area (Å²) in [6, 6.07) is 9.01. The molecule has 0 saturated carbocycles. The zero-order valence-corrected chi connectivity index (χ0v) is 19.4. The smallest absolute Gasteiger partial charge is 0.251 e. The molecule has 1 aromatic carbocycles. The molecule has 11 nitrogen and oxygen atoms in total. The molecule has 1 aliphatic heterocycles. The lowest BCUT2D eigenvalue weighted by Gasteiger charge is -2.20. The van der Waals surface area contributed by atoms with E-state index < -0.39 is 0 Å². The van der Waals surface area contributed by atoms with E-state index >= 15 is 0 Å². The van der Waals surface area contributed by atoms with Crippen molar-refractivity contribution in [3.8, 4) is 23.0 Å². The van der Waals surface area contributed by atoms with Crippen LogP contribution in [0.3, 0.4) is 0 Å². The average molecular weight is 473 g/mol. The molecule has 1 aliphatic rings. The van der Waals surface area contributed by atoms with Gasteiger partial charge in [0.25, 0.3) is 5.91 Å². The number of hydrogen-bond acceptors (Lipinski definition) is 9. The van der Waals surface area contributed by atoms with Crippen LogP contribution in [-0.2, 0) is 20.1 Å². The van der Waals surface area contributed by atoms with Gasteiger partial charge >= 0.3 is 0 Å². The minimum Gasteiger partial charge on any atom is -0.486 e. The van der Waals surface area contributed by atoms with Crippen LogP contribution in [0, 0.1) is 6.92 Å². The summed E-state index contributed by atoms with van der Waals surface area (Å²) >= 11 is 0. The second kappa shape index (κ2) is 9.75. The van der Waals surface area contributed by atoms with Crippen molar-refractivity contribution in [2.24, 2.45) is 7.05 Å². The molecule has 5 rings (SSSR count). The van der Waals surface area contributed by atoms with Gasteiger partial charge in [0.15, 0.2) is 23.1 Å². The van der Waals surface area contributed by atoms with E-state index in [1.54, 1.807) is 30.6 Å². The normalized spacial score (nSPS) is 12.3.